The molecule has 1 heterocycles. The van der Waals surface area contributed by atoms with Crippen LogP contribution in [0.1, 0.15) is 18.9 Å². The number of hydrogen-bond donors (Lipinski definition) is 0. The fourth-order valence-corrected chi connectivity index (χ4v) is 2.25. The first-order valence-corrected chi connectivity index (χ1v) is 7.63. The van der Waals surface area contributed by atoms with E-state index in [1.54, 1.807) is 12.1 Å². The molecule has 0 aliphatic rings. The summed E-state index contributed by atoms with van der Waals surface area (Å²) in [6, 6.07) is 16.6. The second kappa shape index (κ2) is 7.01. The summed E-state index contributed by atoms with van der Waals surface area (Å²) in [5.41, 5.74) is 1.20. The molecule has 4 nitrogen and oxygen atoms in total. The normalized spacial score (nSPS) is 10.7. The Morgan fingerprint density at radius 1 is 0.957 bits per heavy atom. The van der Waals surface area contributed by atoms with E-state index in [0.29, 0.717) is 30.3 Å². The van der Waals surface area contributed by atoms with Crippen LogP contribution in [0.25, 0.3) is 11.0 Å². The van der Waals surface area contributed by atoms with Crippen molar-refractivity contribution >= 4 is 11.0 Å². The van der Waals surface area contributed by atoms with E-state index >= 15 is 0 Å². The largest absolute Gasteiger partial charge is 0.490 e. The SMILES string of the molecule is CCCOc1cc2oc(=O)ccc2cc1OCc1ccccc1. The average molecular weight is 310 g/mol. The molecule has 3 aromatic rings. The average Bonchev–Trinajstić information content (AvgIpc) is 2.58. The number of benzene rings is 2. The van der Waals surface area contributed by atoms with Crippen molar-refractivity contribution in [1.29, 1.82) is 0 Å². The lowest BCUT2D eigenvalue weighted by Crippen LogP contribution is -2.02. The van der Waals surface area contributed by atoms with Crippen LogP contribution < -0.4 is 15.1 Å². The molecule has 0 amide bonds. The number of ether oxygens (including phenoxy) is 2. The van der Waals surface area contributed by atoms with E-state index in [9.17, 15) is 4.79 Å². The third kappa shape index (κ3) is 3.72. The Bertz CT molecular complexity index is 837. The summed E-state index contributed by atoms with van der Waals surface area (Å²) in [7, 11) is 0. The topological polar surface area (TPSA) is 48.7 Å². The van der Waals surface area contributed by atoms with Crippen molar-refractivity contribution in [3.63, 3.8) is 0 Å². The van der Waals surface area contributed by atoms with E-state index < -0.39 is 0 Å². The van der Waals surface area contributed by atoms with Crippen LogP contribution in [0.5, 0.6) is 11.5 Å². The van der Waals surface area contributed by atoms with Crippen LogP contribution in [0.3, 0.4) is 0 Å². The van der Waals surface area contributed by atoms with Gasteiger partial charge < -0.3 is 13.9 Å². The molecule has 0 unspecified atom stereocenters. The van der Waals surface area contributed by atoms with Gasteiger partial charge in [-0.05, 0) is 24.1 Å². The van der Waals surface area contributed by atoms with Crippen molar-refractivity contribution in [2.24, 2.45) is 0 Å². The second-order valence-electron chi connectivity index (χ2n) is 5.21. The Labute approximate surface area is 134 Å². The fraction of sp³-hybridized carbons (Fsp3) is 0.211. The zero-order valence-electron chi connectivity index (χ0n) is 13.0. The zero-order chi connectivity index (χ0) is 16.1. The van der Waals surface area contributed by atoms with E-state index in [2.05, 4.69) is 0 Å². The summed E-state index contributed by atoms with van der Waals surface area (Å²) in [6.07, 6.45) is 0.884. The summed E-state index contributed by atoms with van der Waals surface area (Å²) in [5.74, 6) is 1.23. The summed E-state index contributed by atoms with van der Waals surface area (Å²) >= 11 is 0. The van der Waals surface area contributed by atoms with Crippen molar-refractivity contribution < 1.29 is 13.9 Å². The van der Waals surface area contributed by atoms with Crippen LogP contribution >= 0.6 is 0 Å². The first kappa shape index (κ1) is 15.2. The van der Waals surface area contributed by atoms with Crippen LogP contribution in [-0.4, -0.2) is 6.61 Å². The highest BCUT2D eigenvalue weighted by atomic mass is 16.5. The maximum absolute atomic E-state index is 11.4. The van der Waals surface area contributed by atoms with Gasteiger partial charge in [-0.3, -0.25) is 0 Å². The van der Waals surface area contributed by atoms with Crippen molar-refractivity contribution in [2.45, 2.75) is 20.0 Å². The van der Waals surface area contributed by atoms with Gasteiger partial charge in [0.25, 0.3) is 0 Å². The maximum Gasteiger partial charge on any atom is 0.336 e. The van der Waals surface area contributed by atoms with Gasteiger partial charge in [-0.2, -0.15) is 0 Å². The predicted molar refractivity (Wildman–Crippen MR) is 89.0 cm³/mol. The summed E-state index contributed by atoms with van der Waals surface area (Å²) in [4.78, 5) is 11.4. The molecule has 1 aromatic heterocycles. The molecule has 118 valence electrons. The molecule has 4 heteroatoms. The van der Waals surface area contributed by atoms with E-state index in [0.717, 1.165) is 17.4 Å². The Balaban J connectivity index is 1.92. The van der Waals surface area contributed by atoms with Crippen molar-refractivity contribution in [1.82, 2.24) is 0 Å². The molecule has 23 heavy (non-hydrogen) atoms. The summed E-state index contributed by atoms with van der Waals surface area (Å²) in [5, 5.41) is 0.802. The molecule has 0 aliphatic carbocycles. The van der Waals surface area contributed by atoms with E-state index in [-0.39, 0.29) is 5.63 Å². The minimum absolute atomic E-state index is 0.378. The van der Waals surface area contributed by atoms with Gasteiger partial charge in [-0.25, -0.2) is 4.79 Å². The highest BCUT2D eigenvalue weighted by Gasteiger charge is 2.10. The Hall–Kier alpha value is -2.75. The monoisotopic (exact) mass is 310 g/mol. The molecule has 0 radical (unpaired) electrons. The lowest BCUT2D eigenvalue weighted by Gasteiger charge is -2.13. The first-order chi connectivity index (χ1) is 11.3. The highest BCUT2D eigenvalue weighted by Crippen LogP contribution is 2.32. The Morgan fingerprint density at radius 2 is 1.74 bits per heavy atom. The van der Waals surface area contributed by atoms with Gasteiger partial charge in [0, 0.05) is 17.5 Å². The van der Waals surface area contributed by atoms with Crippen LogP contribution in [0.15, 0.2) is 63.8 Å². The second-order valence-corrected chi connectivity index (χ2v) is 5.21. The van der Waals surface area contributed by atoms with Crippen molar-refractivity contribution in [3.05, 3.63) is 70.6 Å². The molecule has 0 saturated carbocycles. The quantitative estimate of drug-likeness (QED) is 0.641. The zero-order valence-corrected chi connectivity index (χ0v) is 13.0. The van der Waals surface area contributed by atoms with E-state index in [1.165, 1.54) is 6.07 Å². The molecule has 0 bridgehead atoms. The molecule has 0 aliphatic heterocycles. The Morgan fingerprint density at radius 3 is 2.52 bits per heavy atom. The number of rotatable bonds is 6. The minimum atomic E-state index is -0.378. The third-order valence-corrected chi connectivity index (χ3v) is 3.38. The van der Waals surface area contributed by atoms with Crippen LogP contribution in [0.4, 0.5) is 0 Å². The molecule has 0 N–H and O–H groups in total. The molecule has 3 rings (SSSR count). The van der Waals surface area contributed by atoms with Gasteiger partial charge in [0.05, 0.1) is 6.61 Å². The van der Waals surface area contributed by atoms with Crippen LogP contribution in [0, 0.1) is 0 Å². The standard InChI is InChI=1S/C19H18O4/c1-2-10-21-18-12-16-15(8-9-19(20)23-16)11-17(18)22-13-14-6-4-3-5-7-14/h3-9,11-12H,2,10,13H2,1H3. The third-order valence-electron chi connectivity index (χ3n) is 3.38. The van der Waals surface area contributed by atoms with Crippen LogP contribution in [0.2, 0.25) is 0 Å². The van der Waals surface area contributed by atoms with Gasteiger partial charge >= 0.3 is 5.63 Å². The lowest BCUT2D eigenvalue weighted by molar-refractivity contribution is 0.262. The fourth-order valence-electron chi connectivity index (χ4n) is 2.25. The first-order valence-electron chi connectivity index (χ1n) is 7.63. The number of hydrogen-bond acceptors (Lipinski definition) is 4. The van der Waals surface area contributed by atoms with Crippen molar-refractivity contribution in [2.75, 3.05) is 6.61 Å². The smallest absolute Gasteiger partial charge is 0.336 e. The van der Waals surface area contributed by atoms with E-state index in [4.69, 9.17) is 13.9 Å². The molecular weight excluding hydrogens is 292 g/mol. The molecular formula is C19H18O4. The Kier molecular flexibility index (Phi) is 4.62. The summed E-state index contributed by atoms with van der Waals surface area (Å²) in [6.45, 7) is 3.06. The highest BCUT2D eigenvalue weighted by molar-refractivity contribution is 5.80. The lowest BCUT2D eigenvalue weighted by atomic mass is 10.2. The number of fused-ring (bicyclic) bond motifs is 1. The molecule has 0 saturated heterocycles. The molecule has 0 fully saturated rings. The van der Waals surface area contributed by atoms with E-state index in [1.807, 2.05) is 43.3 Å². The predicted octanol–water partition coefficient (Wildman–Crippen LogP) is 4.16. The minimum Gasteiger partial charge on any atom is -0.490 e. The van der Waals surface area contributed by atoms with Gasteiger partial charge in [-0.1, -0.05) is 37.3 Å². The van der Waals surface area contributed by atoms with Gasteiger partial charge in [-0.15, -0.1) is 0 Å². The van der Waals surface area contributed by atoms with Gasteiger partial charge in [0.1, 0.15) is 12.2 Å². The molecule has 0 spiro atoms. The van der Waals surface area contributed by atoms with Crippen LogP contribution in [-0.2, 0) is 6.61 Å². The molecule has 0 atom stereocenters. The maximum atomic E-state index is 11.4. The van der Waals surface area contributed by atoms with Gasteiger partial charge in [0.15, 0.2) is 11.5 Å². The van der Waals surface area contributed by atoms with Gasteiger partial charge in [0.2, 0.25) is 0 Å². The summed E-state index contributed by atoms with van der Waals surface area (Å²) < 4.78 is 16.9. The molecule has 2 aromatic carbocycles. The van der Waals surface area contributed by atoms with Crippen molar-refractivity contribution in [3.8, 4) is 11.5 Å².